The number of nitrogens with zero attached hydrogens (tertiary/aromatic N) is 1. The van der Waals surface area contributed by atoms with Gasteiger partial charge in [-0.3, -0.25) is 0 Å². The van der Waals surface area contributed by atoms with Crippen LogP contribution in [-0.4, -0.2) is 52.3 Å². The molecule has 0 aromatic carbocycles. The molecule has 1 heterocycles. The van der Waals surface area contributed by atoms with Crippen LogP contribution in [0, 0.1) is 5.41 Å². The van der Waals surface area contributed by atoms with Crippen LogP contribution in [0.15, 0.2) is 0 Å². The average Bonchev–Trinajstić information content (AvgIpc) is 2.79. The summed E-state index contributed by atoms with van der Waals surface area (Å²) in [5.41, 5.74) is -0.540. The number of aliphatic hydroxyl groups is 1. The van der Waals surface area contributed by atoms with Crippen molar-refractivity contribution in [2.75, 3.05) is 13.2 Å². The van der Waals surface area contributed by atoms with E-state index in [0.717, 1.165) is 19.3 Å². The molecule has 116 valence electrons. The lowest BCUT2D eigenvalue weighted by molar-refractivity contribution is -0.142. The molecule has 0 aliphatic carbocycles. The number of nitrogens with one attached hydrogen (secondary N) is 1. The molecule has 2 atom stereocenters. The monoisotopic (exact) mass is 286 g/mol. The predicted octanol–water partition coefficient (Wildman–Crippen LogP) is 1.43. The van der Waals surface area contributed by atoms with Crippen molar-refractivity contribution in [1.29, 1.82) is 0 Å². The van der Waals surface area contributed by atoms with E-state index in [9.17, 15) is 14.7 Å². The van der Waals surface area contributed by atoms with Crippen LogP contribution in [0.25, 0.3) is 0 Å². The Kier molecular flexibility index (Phi) is 5.80. The molecule has 0 aromatic heterocycles. The molecule has 1 aliphatic heterocycles. The lowest BCUT2D eigenvalue weighted by Crippen LogP contribution is -2.54. The van der Waals surface area contributed by atoms with Gasteiger partial charge < -0.3 is 20.4 Å². The van der Waals surface area contributed by atoms with Crippen molar-refractivity contribution in [3.05, 3.63) is 0 Å². The molecule has 2 amide bonds. The lowest BCUT2D eigenvalue weighted by atomic mass is 9.87. The van der Waals surface area contributed by atoms with Crippen LogP contribution in [0.3, 0.4) is 0 Å². The largest absolute Gasteiger partial charge is 0.480 e. The molecule has 6 heteroatoms. The number of hydrogen-bond donors (Lipinski definition) is 3. The van der Waals surface area contributed by atoms with Crippen LogP contribution < -0.4 is 5.32 Å². The Morgan fingerprint density at radius 1 is 1.40 bits per heavy atom. The molecule has 2 unspecified atom stereocenters. The maximum atomic E-state index is 12.3. The number of hydrogen-bond acceptors (Lipinski definition) is 3. The summed E-state index contributed by atoms with van der Waals surface area (Å²) in [4.78, 5) is 25.3. The Morgan fingerprint density at radius 2 is 2.05 bits per heavy atom. The van der Waals surface area contributed by atoms with E-state index in [1.54, 1.807) is 25.7 Å². The number of likely N-dealkylation sites (tertiary alicyclic amines) is 1. The van der Waals surface area contributed by atoms with Gasteiger partial charge in [-0.2, -0.15) is 0 Å². The predicted molar refractivity (Wildman–Crippen MR) is 75.5 cm³/mol. The summed E-state index contributed by atoms with van der Waals surface area (Å²) in [6.07, 6.45) is 3.27. The standard InChI is InChI=1S/C14H26N2O4/c1-14(2,3)11(12(18)19)15-13(20)16-8-4-6-10(16)7-5-9-17/h10-11,17H,4-9H2,1-3H3,(H,15,20)(H,18,19). The van der Waals surface area contributed by atoms with Gasteiger partial charge in [0.15, 0.2) is 0 Å². The van der Waals surface area contributed by atoms with E-state index in [-0.39, 0.29) is 18.7 Å². The number of urea groups is 1. The molecule has 0 aromatic rings. The lowest BCUT2D eigenvalue weighted by Gasteiger charge is -2.31. The van der Waals surface area contributed by atoms with Gasteiger partial charge in [-0.15, -0.1) is 0 Å². The van der Waals surface area contributed by atoms with Crippen molar-refractivity contribution >= 4 is 12.0 Å². The number of carboxylic acids is 1. The third kappa shape index (κ3) is 4.37. The Bertz CT molecular complexity index is 352. The zero-order chi connectivity index (χ0) is 15.3. The molecule has 20 heavy (non-hydrogen) atoms. The van der Waals surface area contributed by atoms with E-state index in [2.05, 4.69) is 5.32 Å². The van der Waals surface area contributed by atoms with Gasteiger partial charge in [-0.05, 0) is 31.1 Å². The zero-order valence-corrected chi connectivity index (χ0v) is 12.6. The van der Waals surface area contributed by atoms with Crippen LogP contribution in [-0.2, 0) is 4.79 Å². The molecule has 6 nitrogen and oxygen atoms in total. The third-order valence-electron chi connectivity index (χ3n) is 3.71. The van der Waals surface area contributed by atoms with Gasteiger partial charge in [0.05, 0.1) is 0 Å². The topological polar surface area (TPSA) is 89.9 Å². The van der Waals surface area contributed by atoms with Crippen LogP contribution in [0.4, 0.5) is 4.79 Å². The SMILES string of the molecule is CC(C)(C)C(NC(=O)N1CCCC1CCCO)C(=O)O. The van der Waals surface area contributed by atoms with E-state index < -0.39 is 17.4 Å². The number of carbonyl (C=O) groups excluding carboxylic acids is 1. The molecule has 0 radical (unpaired) electrons. The second-order valence-electron chi connectivity index (χ2n) is 6.44. The molecule has 1 saturated heterocycles. The van der Waals surface area contributed by atoms with Crippen molar-refractivity contribution in [2.24, 2.45) is 5.41 Å². The Labute approximate surface area is 120 Å². The summed E-state index contributed by atoms with van der Waals surface area (Å²) < 4.78 is 0. The fourth-order valence-corrected chi connectivity index (χ4v) is 2.59. The van der Waals surface area contributed by atoms with E-state index in [0.29, 0.717) is 13.0 Å². The van der Waals surface area contributed by atoms with Gasteiger partial charge >= 0.3 is 12.0 Å². The first kappa shape index (κ1) is 16.8. The van der Waals surface area contributed by atoms with Gasteiger partial charge in [-0.25, -0.2) is 9.59 Å². The normalized spacial score (nSPS) is 20.8. The molecule has 0 saturated carbocycles. The first-order valence-electron chi connectivity index (χ1n) is 7.18. The number of carboxylic acid groups (broad SMARTS) is 1. The van der Waals surface area contributed by atoms with Crippen molar-refractivity contribution in [1.82, 2.24) is 10.2 Å². The number of rotatable bonds is 5. The molecular weight excluding hydrogens is 260 g/mol. The Hall–Kier alpha value is -1.30. The minimum Gasteiger partial charge on any atom is -0.480 e. The van der Waals surface area contributed by atoms with Gasteiger partial charge in [0, 0.05) is 19.2 Å². The first-order chi connectivity index (χ1) is 9.27. The van der Waals surface area contributed by atoms with Gasteiger partial charge in [0.1, 0.15) is 6.04 Å². The van der Waals surface area contributed by atoms with Gasteiger partial charge in [0.25, 0.3) is 0 Å². The second kappa shape index (κ2) is 6.92. The Balaban J connectivity index is 2.66. The van der Waals surface area contributed by atoms with E-state index in [1.807, 2.05) is 0 Å². The highest BCUT2D eigenvalue weighted by atomic mass is 16.4. The minimum absolute atomic E-state index is 0.108. The van der Waals surface area contributed by atoms with Crippen molar-refractivity contribution in [2.45, 2.75) is 58.5 Å². The minimum atomic E-state index is -1.02. The maximum absolute atomic E-state index is 12.3. The molecule has 1 fully saturated rings. The van der Waals surface area contributed by atoms with Gasteiger partial charge in [-0.1, -0.05) is 20.8 Å². The number of carbonyl (C=O) groups is 2. The molecule has 0 bridgehead atoms. The number of aliphatic hydroxyl groups excluding tert-OH is 1. The fraction of sp³-hybridized carbons (Fsp3) is 0.857. The van der Waals surface area contributed by atoms with Crippen molar-refractivity contribution in [3.63, 3.8) is 0 Å². The third-order valence-corrected chi connectivity index (χ3v) is 3.71. The summed E-state index contributed by atoms with van der Waals surface area (Å²) in [6.45, 7) is 6.14. The van der Waals surface area contributed by atoms with Crippen LogP contribution in [0.1, 0.15) is 46.5 Å². The van der Waals surface area contributed by atoms with Crippen LogP contribution in [0.2, 0.25) is 0 Å². The second-order valence-corrected chi connectivity index (χ2v) is 6.44. The summed E-state index contributed by atoms with van der Waals surface area (Å²) in [5.74, 6) is -1.02. The number of amides is 2. The molecule has 3 N–H and O–H groups in total. The van der Waals surface area contributed by atoms with E-state index >= 15 is 0 Å². The summed E-state index contributed by atoms with van der Waals surface area (Å²) in [6, 6.07) is -1.11. The zero-order valence-electron chi connectivity index (χ0n) is 12.6. The van der Waals surface area contributed by atoms with E-state index in [1.165, 1.54) is 0 Å². The summed E-state index contributed by atoms with van der Waals surface area (Å²) in [7, 11) is 0. The number of aliphatic carboxylic acids is 1. The first-order valence-corrected chi connectivity index (χ1v) is 7.18. The molecule has 1 aliphatic rings. The highest BCUT2D eigenvalue weighted by molar-refractivity contribution is 5.83. The summed E-state index contributed by atoms with van der Waals surface area (Å²) >= 11 is 0. The van der Waals surface area contributed by atoms with Crippen molar-refractivity contribution < 1.29 is 19.8 Å². The van der Waals surface area contributed by atoms with Crippen LogP contribution in [0.5, 0.6) is 0 Å². The van der Waals surface area contributed by atoms with E-state index in [4.69, 9.17) is 5.11 Å². The summed E-state index contributed by atoms with van der Waals surface area (Å²) in [5, 5.41) is 20.8. The average molecular weight is 286 g/mol. The van der Waals surface area contributed by atoms with Gasteiger partial charge in [0.2, 0.25) is 0 Å². The molecule has 1 rings (SSSR count). The quantitative estimate of drug-likeness (QED) is 0.713. The Morgan fingerprint density at radius 3 is 2.55 bits per heavy atom. The van der Waals surface area contributed by atoms with Crippen LogP contribution >= 0.6 is 0 Å². The smallest absolute Gasteiger partial charge is 0.326 e. The highest BCUT2D eigenvalue weighted by Crippen LogP contribution is 2.23. The molecule has 0 spiro atoms. The van der Waals surface area contributed by atoms with Crippen molar-refractivity contribution in [3.8, 4) is 0 Å². The maximum Gasteiger partial charge on any atom is 0.326 e. The highest BCUT2D eigenvalue weighted by Gasteiger charge is 2.36. The fourth-order valence-electron chi connectivity index (χ4n) is 2.59. The molecular formula is C14H26N2O4.